The Morgan fingerprint density at radius 2 is 1.36 bits per heavy atom. The number of fused-ring (bicyclic) bond motifs is 3. The molecule has 0 atom stereocenters. The normalized spacial score (nSPS) is 14.5. The maximum atomic E-state index is 4.92. The van der Waals surface area contributed by atoms with Crippen molar-refractivity contribution in [1.82, 2.24) is 10.2 Å². The SMILES string of the molecule is CN=C(/C=C(/c1ccccc1)c1c2ccc(c[nH]nc1-c1ccccc1)/C=C\C=C/2)c1ccccc1. The van der Waals surface area contributed by atoms with E-state index in [-0.39, 0.29) is 0 Å². The summed E-state index contributed by atoms with van der Waals surface area (Å²) in [7, 11) is 1.84. The van der Waals surface area contributed by atoms with Gasteiger partial charge in [0.15, 0.2) is 0 Å². The number of hydrogen-bond acceptors (Lipinski definition) is 2. The number of H-pyrrole nitrogens is 1. The number of nitrogens with zero attached hydrogens (tertiary/aromatic N) is 2. The first-order valence-electron chi connectivity index (χ1n) is 12.0. The van der Waals surface area contributed by atoms with Gasteiger partial charge in [-0.1, -0.05) is 127 Å². The van der Waals surface area contributed by atoms with Crippen molar-refractivity contribution in [2.75, 3.05) is 7.05 Å². The van der Waals surface area contributed by atoms with Gasteiger partial charge < -0.3 is 0 Å². The molecule has 1 aromatic heterocycles. The van der Waals surface area contributed by atoms with Crippen LogP contribution < -0.4 is 0 Å². The predicted molar refractivity (Wildman–Crippen MR) is 152 cm³/mol. The summed E-state index contributed by atoms with van der Waals surface area (Å²) in [6, 6.07) is 35.3. The van der Waals surface area contributed by atoms with Crippen LogP contribution in [0.3, 0.4) is 0 Å². The number of aliphatic imine (C=N–C) groups is 1. The number of benzene rings is 3. The van der Waals surface area contributed by atoms with E-state index >= 15 is 0 Å². The Balaban J connectivity index is 1.90. The molecule has 3 aromatic carbocycles. The van der Waals surface area contributed by atoms with E-state index in [4.69, 9.17) is 5.10 Å². The zero-order valence-corrected chi connectivity index (χ0v) is 20.2. The predicted octanol–water partition coefficient (Wildman–Crippen LogP) is 7.79. The Bertz CT molecular complexity index is 1510. The summed E-state index contributed by atoms with van der Waals surface area (Å²) < 4.78 is 0. The number of nitrogens with one attached hydrogen (secondary N) is 1. The van der Waals surface area contributed by atoms with E-state index in [1.54, 1.807) is 0 Å². The molecule has 3 nitrogen and oxygen atoms in total. The summed E-state index contributed by atoms with van der Waals surface area (Å²) in [5.41, 5.74) is 9.12. The van der Waals surface area contributed by atoms with Gasteiger partial charge in [0.1, 0.15) is 0 Å². The Hall–Kier alpha value is -4.76. The molecule has 5 rings (SSSR count). The average molecular weight is 466 g/mol. The lowest BCUT2D eigenvalue weighted by molar-refractivity contribution is 1.05. The van der Waals surface area contributed by atoms with Crippen molar-refractivity contribution in [3.63, 3.8) is 0 Å². The molecule has 2 bridgehead atoms. The largest absolute Gasteiger partial charge is 0.288 e. The second-order valence-corrected chi connectivity index (χ2v) is 8.38. The van der Waals surface area contributed by atoms with Crippen molar-refractivity contribution < 1.29 is 0 Å². The van der Waals surface area contributed by atoms with Crippen LogP contribution in [0.4, 0.5) is 0 Å². The first-order chi connectivity index (χ1) is 17.8. The maximum Gasteiger partial charge on any atom is 0.0990 e. The minimum Gasteiger partial charge on any atom is -0.288 e. The van der Waals surface area contributed by atoms with Crippen LogP contribution >= 0.6 is 0 Å². The lowest BCUT2D eigenvalue weighted by Crippen LogP contribution is -2.02. The van der Waals surface area contributed by atoms with Gasteiger partial charge in [0.2, 0.25) is 0 Å². The fourth-order valence-corrected chi connectivity index (χ4v) is 4.28. The third-order valence-electron chi connectivity index (χ3n) is 6.06. The van der Waals surface area contributed by atoms with Crippen LogP contribution in [0.5, 0.6) is 0 Å². The van der Waals surface area contributed by atoms with E-state index in [0.717, 1.165) is 50.4 Å². The van der Waals surface area contributed by atoms with Gasteiger partial charge in [-0.15, -0.1) is 0 Å². The highest BCUT2D eigenvalue weighted by Crippen LogP contribution is 2.34. The topological polar surface area (TPSA) is 41.0 Å². The number of hydrogen-bond donors (Lipinski definition) is 1. The highest BCUT2D eigenvalue weighted by atomic mass is 15.1. The summed E-state index contributed by atoms with van der Waals surface area (Å²) in [4.78, 5) is 4.68. The Morgan fingerprint density at radius 1 is 0.722 bits per heavy atom. The van der Waals surface area contributed by atoms with Gasteiger partial charge >= 0.3 is 0 Å². The van der Waals surface area contributed by atoms with Gasteiger partial charge in [0.05, 0.1) is 11.4 Å². The molecule has 1 aliphatic rings. The highest BCUT2D eigenvalue weighted by molar-refractivity contribution is 6.14. The maximum absolute atomic E-state index is 4.92. The molecule has 0 aliphatic heterocycles. The van der Waals surface area contributed by atoms with E-state index < -0.39 is 0 Å². The number of aromatic nitrogens is 2. The monoisotopic (exact) mass is 465 g/mol. The second kappa shape index (κ2) is 11.1. The molecule has 0 saturated carbocycles. The van der Waals surface area contributed by atoms with Crippen molar-refractivity contribution in [3.05, 3.63) is 155 Å². The standard InChI is InChI=1S/C33H27N3/c1-34-31(27-16-7-3-8-17-27)23-30(26-14-5-2-6-15-26)32-28-18-12-11-13-25(21-22-28)24-35-36-33(32)29-19-9-4-10-20-29/h2-24,35H,1H3/b13-11-,18-12-,22-21?,25-24?,30-23-,32-28?,34-31?,36-33?. The summed E-state index contributed by atoms with van der Waals surface area (Å²) >= 11 is 0. The van der Waals surface area contributed by atoms with Crippen molar-refractivity contribution in [1.29, 1.82) is 0 Å². The molecule has 1 heterocycles. The first-order valence-corrected chi connectivity index (χ1v) is 12.0. The minimum absolute atomic E-state index is 0.859. The van der Waals surface area contributed by atoms with Crippen LogP contribution in [-0.2, 0) is 0 Å². The Kier molecular flexibility index (Phi) is 7.10. The minimum atomic E-state index is 0.859. The molecule has 0 fully saturated rings. The number of aromatic amines is 1. The molecular weight excluding hydrogens is 438 g/mol. The van der Waals surface area contributed by atoms with Crippen molar-refractivity contribution >= 4 is 23.4 Å². The lowest BCUT2D eigenvalue weighted by atomic mass is 9.89. The Morgan fingerprint density at radius 3 is 2.06 bits per heavy atom. The van der Waals surface area contributed by atoms with E-state index in [1.807, 2.05) is 55.7 Å². The molecule has 3 heteroatoms. The van der Waals surface area contributed by atoms with Gasteiger partial charge in [-0.2, -0.15) is 5.10 Å². The fourth-order valence-electron chi connectivity index (χ4n) is 4.28. The molecule has 1 aliphatic carbocycles. The molecule has 4 aromatic rings. The van der Waals surface area contributed by atoms with Crippen molar-refractivity contribution in [2.24, 2.45) is 4.99 Å². The first kappa shape index (κ1) is 23.0. The lowest BCUT2D eigenvalue weighted by Gasteiger charge is -2.16. The zero-order chi connectivity index (χ0) is 24.6. The van der Waals surface area contributed by atoms with E-state index in [9.17, 15) is 0 Å². The van der Waals surface area contributed by atoms with Crippen LogP contribution in [-0.4, -0.2) is 23.0 Å². The summed E-state index contributed by atoms with van der Waals surface area (Å²) in [6.07, 6.45) is 12.4. The number of allylic oxidation sites excluding steroid dienone is 3. The quantitative estimate of drug-likeness (QED) is 0.300. The zero-order valence-electron chi connectivity index (χ0n) is 20.2. The molecule has 0 unspecified atom stereocenters. The van der Waals surface area contributed by atoms with Gasteiger partial charge in [-0.25, -0.2) is 0 Å². The fraction of sp³-hybridized carbons (Fsp3) is 0.0303. The summed E-state index contributed by atoms with van der Waals surface area (Å²) in [5, 5.41) is 8.11. The van der Waals surface area contributed by atoms with Crippen LogP contribution in [0.2, 0.25) is 0 Å². The van der Waals surface area contributed by atoms with Gasteiger partial charge in [0.25, 0.3) is 0 Å². The highest BCUT2D eigenvalue weighted by Gasteiger charge is 2.17. The van der Waals surface area contributed by atoms with Crippen LogP contribution in [0.25, 0.3) is 29.0 Å². The van der Waals surface area contributed by atoms with Gasteiger partial charge in [0, 0.05) is 24.4 Å². The molecular formula is C33H27N3. The summed E-state index contributed by atoms with van der Waals surface area (Å²) in [5.74, 6) is 0. The van der Waals surface area contributed by atoms with Crippen molar-refractivity contribution in [2.45, 2.75) is 0 Å². The Labute approximate surface area is 212 Å². The molecule has 174 valence electrons. The van der Waals surface area contributed by atoms with Crippen LogP contribution in [0.15, 0.2) is 133 Å². The van der Waals surface area contributed by atoms with Crippen molar-refractivity contribution in [3.8, 4) is 11.3 Å². The van der Waals surface area contributed by atoms with E-state index in [2.05, 4.69) is 101 Å². The van der Waals surface area contributed by atoms with E-state index in [1.165, 1.54) is 0 Å². The smallest absolute Gasteiger partial charge is 0.0990 e. The van der Waals surface area contributed by atoms with Gasteiger partial charge in [-0.05, 0) is 33.9 Å². The molecule has 0 spiro atoms. The molecule has 1 N–H and O–H groups in total. The second-order valence-electron chi connectivity index (χ2n) is 8.38. The third-order valence-corrected chi connectivity index (χ3v) is 6.06. The molecule has 36 heavy (non-hydrogen) atoms. The molecule has 0 radical (unpaired) electrons. The number of rotatable bonds is 5. The van der Waals surface area contributed by atoms with E-state index in [0.29, 0.717) is 0 Å². The average Bonchev–Trinajstić information content (AvgIpc) is 2.98. The van der Waals surface area contributed by atoms with Crippen LogP contribution in [0.1, 0.15) is 27.8 Å². The third kappa shape index (κ3) is 5.16. The van der Waals surface area contributed by atoms with Gasteiger partial charge in [-0.3, -0.25) is 10.1 Å². The molecule has 0 saturated heterocycles. The molecule has 0 amide bonds. The van der Waals surface area contributed by atoms with Crippen LogP contribution in [0, 0.1) is 0 Å². The summed E-state index contributed by atoms with van der Waals surface area (Å²) in [6.45, 7) is 0.